The molecule has 0 aliphatic rings. The highest BCUT2D eigenvalue weighted by molar-refractivity contribution is 6.32. The molecule has 0 saturated carbocycles. The van der Waals surface area contributed by atoms with Crippen LogP contribution in [0.15, 0.2) is 12.1 Å². The first kappa shape index (κ1) is 14.6. The summed E-state index contributed by atoms with van der Waals surface area (Å²) in [6.07, 6.45) is -1.47. The zero-order chi connectivity index (χ0) is 13.7. The molecule has 0 aromatic heterocycles. The number of hydrogen-bond acceptors (Lipinski definition) is 5. The minimum atomic E-state index is -1.47. The van der Waals surface area contributed by atoms with Crippen LogP contribution in [0.3, 0.4) is 0 Å². The highest BCUT2D eigenvalue weighted by Crippen LogP contribution is 2.37. The summed E-state index contributed by atoms with van der Waals surface area (Å²) in [5.74, 6) is -0.128. The standard InChI is InChI=1S/C12H15ClO5/c1-4-18-12(15)10(14)8-5-7(16-2)6-9(13)11(8)17-3/h5-6,10,14H,4H2,1-3H3. The summed E-state index contributed by atoms with van der Waals surface area (Å²) in [6.45, 7) is 1.83. The van der Waals surface area contributed by atoms with E-state index in [1.807, 2.05) is 0 Å². The van der Waals surface area contributed by atoms with Gasteiger partial charge in [0.25, 0.3) is 0 Å². The summed E-state index contributed by atoms with van der Waals surface area (Å²) in [4.78, 5) is 11.5. The number of halogens is 1. The Morgan fingerprint density at radius 2 is 2.06 bits per heavy atom. The van der Waals surface area contributed by atoms with Crippen molar-refractivity contribution in [2.75, 3.05) is 20.8 Å². The Morgan fingerprint density at radius 1 is 1.39 bits per heavy atom. The average Bonchev–Trinajstić information content (AvgIpc) is 2.37. The maximum Gasteiger partial charge on any atom is 0.339 e. The van der Waals surface area contributed by atoms with E-state index in [0.29, 0.717) is 5.75 Å². The van der Waals surface area contributed by atoms with Crippen LogP contribution in [0.25, 0.3) is 0 Å². The monoisotopic (exact) mass is 274 g/mol. The molecule has 1 N–H and O–H groups in total. The van der Waals surface area contributed by atoms with Crippen molar-refractivity contribution in [1.82, 2.24) is 0 Å². The minimum Gasteiger partial charge on any atom is -0.497 e. The number of aliphatic hydroxyl groups excluding tert-OH is 1. The Kier molecular flexibility index (Phi) is 5.25. The van der Waals surface area contributed by atoms with E-state index in [1.165, 1.54) is 26.4 Å². The molecule has 0 saturated heterocycles. The minimum absolute atomic E-state index is 0.176. The van der Waals surface area contributed by atoms with E-state index in [4.69, 9.17) is 25.8 Å². The number of esters is 1. The van der Waals surface area contributed by atoms with Crippen LogP contribution in [-0.4, -0.2) is 31.9 Å². The predicted octanol–water partition coefficient (Wildman–Crippen LogP) is 1.95. The summed E-state index contributed by atoms with van der Waals surface area (Å²) in [5.41, 5.74) is 0.209. The number of carbonyl (C=O) groups excluding carboxylic acids is 1. The van der Waals surface area contributed by atoms with Crippen molar-refractivity contribution in [2.24, 2.45) is 0 Å². The molecule has 0 aliphatic carbocycles. The van der Waals surface area contributed by atoms with Gasteiger partial charge in [0.1, 0.15) is 11.5 Å². The Labute approximate surface area is 110 Å². The van der Waals surface area contributed by atoms with Gasteiger partial charge in [-0.05, 0) is 13.0 Å². The fraction of sp³-hybridized carbons (Fsp3) is 0.417. The lowest BCUT2D eigenvalue weighted by Gasteiger charge is -2.16. The number of ether oxygens (including phenoxy) is 3. The predicted molar refractivity (Wildman–Crippen MR) is 66.1 cm³/mol. The lowest BCUT2D eigenvalue weighted by atomic mass is 10.1. The van der Waals surface area contributed by atoms with Crippen molar-refractivity contribution in [2.45, 2.75) is 13.0 Å². The van der Waals surface area contributed by atoms with Gasteiger partial charge in [-0.25, -0.2) is 4.79 Å². The summed E-state index contributed by atoms with van der Waals surface area (Å²) in [5, 5.41) is 10.2. The van der Waals surface area contributed by atoms with E-state index in [0.717, 1.165) is 0 Å². The molecule has 0 spiro atoms. The summed E-state index contributed by atoms with van der Waals surface area (Å²) >= 11 is 5.97. The fourth-order valence-corrected chi connectivity index (χ4v) is 1.77. The molecule has 18 heavy (non-hydrogen) atoms. The van der Waals surface area contributed by atoms with E-state index in [2.05, 4.69) is 0 Å². The number of aliphatic hydroxyl groups is 1. The molecule has 0 amide bonds. The van der Waals surface area contributed by atoms with Crippen molar-refractivity contribution in [1.29, 1.82) is 0 Å². The number of carbonyl (C=O) groups is 1. The lowest BCUT2D eigenvalue weighted by molar-refractivity contribution is -0.153. The Bertz CT molecular complexity index is 433. The number of hydrogen-bond donors (Lipinski definition) is 1. The van der Waals surface area contributed by atoms with Gasteiger partial charge in [0.05, 0.1) is 25.8 Å². The molecule has 0 fully saturated rings. The molecule has 1 atom stereocenters. The molecular weight excluding hydrogens is 260 g/mol. The van der Waals surface area contributed by atoms with Gasteiger partial charge < -0.3 is 19.3 Å². The molecule has 0 radical (unpaired) electrons. The van der Waals surface area contributed by atoms with Crippen LogP contribution in [0.4, 0.5) is 0 Å². The largest absolute Gasteiger partial charge is 0.497 e. The van der Waals surface area contributed by atoms with Gasteiger partial charge >= 0.3 is 5.97 Å². The summed E-state index contributed by atoms with van der Waals surface area (Å²) in [7, 11) is 2.85. The van der Waals surface area contributed by atoms with Crippen molar-refractivity contribution >= 4 is 17.6 Å². The number of methoxy groups -OCH3 is 2. The fourth-order valence-electron chi connectivity index (χ4n) is 1.47. The van der Waals surface area contributed by atoms with Gasteiger partial charge in [-0.3, -0.25) is 0 Å². The van der Waals surface area contributed by atoms with Gasteiger partial charge in [-0.15, -0.1) is 0 Å². The summed E-state index contributed by atoms with van der Waals surface area (Å²) in [6, 6.07) is 3.01. The van der Waals surface area contributed by atoms with Gasteiger partial charge in [0, 0.05) is 11.6 Å². The van der Waals surface area contributed by atoms with Gasteiger partial charge in [0.15, 0.2) is 6.10 Å². The molecule has 1 aromatic carbocycles. The zero-order valence-electron chi connectivity index (χ0n) is 10.4. The number of benzene rings is 1. The molecule has 100 valence electrons. The zero-order valence-corrected chi connectivity index (χ0v) is 11.2. The van der Waals surface area contributed by atoms with Crippen LogP contribution in [0.2, 0.25) is 5.02 Å². The van der Waals surface area contributed by atoms with E-state index in [9.17, 15) is 9.90 Å². The smallest absolute Gasteiger partial charge is 0.339 e. The molecule has 1 aromatic rings. The highest BCUT2D eigenvalue weighted by Gasteiger charge is 2.25. The molecular formula is C12H15ClO5. The van der Waals surface area contributed by atoms with E-state index in [-0.39, 0.29) is 22.9 Å². The highest BCUT2D eigenvalue weighted by atomic mass is 35.5. The molecule has 1 rings (SSSR count). The van der Waals surface area contributed by atoms with Gasteiger partial charge in [0.2, 0.25) is 0 Å². The first-order valence-electron chi connectivity index (χ1n) is 5.31. The Balaban J connectivity index is 3.19. The second kappa shape index (κ2) is 6.47. The molecule has 0 heterocycles. The average molecular weight is 275 g/mol. The van der Waals surface area contributed by atoms with Gasteiger partial charge in [-0.2, -0.15) is 0 Å². The molecule has 0 bridgehead atoms. The topological polar surface area (TPSA) is 65.0 Å². The number of rotatable bonds is 5. The van der Waals surface area contributed by atoms with Crippen molar-refractivity contribution in [3.8, 4) is 11.5 Å². The van der Waals surface area contributed by atoms with E-state index < -0.39 is 12.1 Å². The maximum absolute atomic E-state index is 11.5. The quantitative estimate of drug-likeness (QED) is 0.832. The van der Waals surface area contributed by atoms with Crippen molar-refractivity contribution in [3.05, 3.63) is 22.7 Å². The van der Waals surface area contributed by atoms with Gasteiger partial charge in [-0.1, -0.05) is 11.6 Å². The molecule has 6 heteroatoms. The Morgan fingerprint density at radius 3 is 2.56 bits per heavy atom. The van der Waals surface area contributed by atoms with E-state index >= 15 is 0 Å². The molecule has 0 aliphatic heterocycles. The SMILES string of the molecule is CCOC(=O)C(O)c1cc(OC)cc(Cl)c1OC. The van der Waals surface area contributed by atoms with Crippen LogP contribution < -0.4 is 9.47 Å². The second-order valence-electron chi connectivity index (χ2n) is 3.39. The summed E-state index contributed by atoms with van der Waals surface area (Å²) < 4.78 is 14.8. The third kappa shape index (κ3) is 3.05. The van der Waals surface area contributed by atoms with Crippen molar-refractivity contribution < 1.29 is 24.1 Å². The van der Waals surface area contributed by atoms with Crippen LogP contribution in [0.5, 0.6) is 11.5 Å². The van der Waals surface area contributed by atoms with E-state index in [1.54, 1.807) is 6.92 Å². The first-order valence-corrected chi connectivity index (χ1v) is 5.69. The van der Waals surface area contributed by atoms with Crippen molar-refractivity contribution in [3.63, 3.8) is 0 Å². The third-order valence-electron chi connectivity index (χ3n) is 2.29. The van der Waals surface area contributed by atoms with Crippen LogP contribution in [0.1, 0.15) is 18.6 Å². The van der Waals surface area contributed by atoms with Crippen LogP contribution >= 0.6 is 11.6 Å². The lowest BCUT2D eigenvalue weighted by Crippen LogP contribution is -2.16. The maximum atomic E-state index is 11.5. The second-order valence-corrected chi connectivity index (χ2v) is 3.79. The van der Waals surface area contributed by atoms with Crippen LogP contribution in [-0.2, 0) is 9.53 Å². The molecule has 5 nitrogen and oxygen atoms in total. The normalized spacial score (nSPS) is 11.8. The first-order chi connectivity index (χ1) is 8.54. The third-order valence-corrected chi connectivity index (χ3v) is 2.57. The Hall–Kier alpha value is -1.46. The van der Waals surface area contributed by atoms with Crippen LogP contribution in [0, 0.1) is 0 Å². The molecule has 1 unspecified atom stereocenters.